The van der Waals surface area contributed by atoms with Gasteiger partial charge in [0.2, 0.25) is 0 Å². The van der Waals surface area contributed by atoms with Gasteiger partial charge in [-0.3, -0.25) is 14.6 Å². The smallest absolute Gasteiger partial charge is 0.263 e. The molecule has 4 rings (SSSR count). The van der Waals surface area contributed by atoms with Crippen LogP contribution in [0, 0.1) is 6.92 Å². The van der Waals surface area contributed by atoms with Gasteiger partial charge < -0.3 is 0 Å². The summed E-state index contributed by atoms with van der Waals surface area (Å²) in [6.45, 7) is 5.26. The Balaban J connectivity index is 1.49. The standard InChI is InChI=1S/C20H20F2N4/c1-14-3-2-8-23-19(14)18-11-17-13-25(9-10-26(17)24-18)12-15-4-6-16(7-5-15)20(21)22/h2-8,11,20H,9-10,12-13H2,1H3. The lowest BCUT2D eigenvalue weighted by Gasteiger charge is -2.27. The van der Waals surface area contributed by atoms with E-state index in [-0.39, 0.29) is 5.56 Å². The van der Waals surface area contributed by atoms with Gasteiger partial charge in [-0.25, -0.2) is 8.78 Å². The van der Waals surface area contributed by atoms with E-state index in [1.165, 1.54) is 12.1 Å². The third-order valence-electron chi connectivity index (χ3n) is 4.77. The summed E-state index contributed by atoms with van der Waals surface area (Å²) in [6, 6.07) is 12.7. The third kappa shape index (κ3) is 3.37. The highest BCUT2D eigenvalue weighted by atomic mass is 19.3. The predicted molar refractivity (Wildman–Crippen MR) is 95.7 cm³/mol. The molecular weight excluding hydrogens is 334 g/mol. The Bertz CT molecular complexity index is 902. The molecule has 0 saturated carbocycles. The molecule has 1 aliphatic heterocycles. The molecule has 0 fully saturated rings. The summed E-state index contributed by atoms with van der Waals surface area (Å²) in [7, 11) is 0. The van der Waals surface area contributed by atoms with Crippen LogP contribution in [0.15, 0.2) is 48.7 Å². The third-order valence-corrected chi connectivity index (χ3v) is 4.77. The van der Waals surface area contributed by atoms with Gasteiger partial charge in [-0.05, 0) is 30.2 Å². The number of nitrogens with zero attached hydrogens (tertiary/aromatic N) is 4. The van der Waals surface area contributed by atoms with Gasteiger partial charge in [0.15, 0.2) is 0 Å². The second-order valence-corrected chi connectivity index (χ2v) is 6.67. The van der Waals surface area contributed by atoms with Crippen LogP contribution in [0.4, 0.5) is 8.78 Å². The molecule has 3 aromatic rings. The minimum Gasteiger partial charge on any atom is -0.291 e. The number of rotatable bonds is 4. The van der Waals surface area contributed by atoms with E-state index in [1.807, 2.05) is 23.7 Å². The SMILES string of the molecule is Cc1cccnc1-c1cc2n(n1)CCN(Cc1ccc(C(F)F)cc1)C2. The summed E-state index contributed by atoms with van der Waals surface area (Å²) in [5.41, 5.74) is 5.20. The van der Waals surface area contributed by atoms with Crippen molar-refractivity contribution in [2.24, 2.45) is 0 Å². The maximum atomic E-state index is 12.7. The van der Waals surface area contributed by atoms with E-state index in [2.05, 4.69) is 16.0 Å². The molecule has 134 valence electrons. The Morgan fingerprint density at radius 1 is 1.12 bits per heavy atom. The first-order valence-corrected chi connectivity index (χ1v) is 8.68. The summed E-state index contributed by atoms with van der Waals surface area (Å²) in [4.78, 5) is 6.76. The molecule has 3 heterocycles. The van der Waals surface area contributed by atoms with Crippen molar-refractivity contribution in [1.82, 2.24) is 19.7 Å². The van der Waals surface area contributed by atoms with E-state index < -0.39 is 6.43 Å². The maximum Gasteiger partial charge on any atom is 0.263 e. The van der Waals surface area contributed by atoms with Gasteiger partial charge in [-0.15, -0.1) is 0 Å². The molecule has 0 aliphatic carbocycles. The number of alkyl halides is 2. The molecule has 0 radical (unpaired) electrons. The first kappa shape index (κ1) is 16.8. The molecule has 0 amide bonds. The lowest BCUT2D eigenvalue weighted by Crippen LogP contribution is -2.33. The summed E-state index contributed by atoms with van der Waals surface area (Å²) in [5, 5.41) is 4.70. The van der Waals surface area contributed by atoms with Crippen LogP contribution >= 0.6 is 0 Å². The summed E-state index contributed by atoms with van der Waals surface area (Å²) < 4.78 is 27.4. The van der Waals surface area contributed by atoms with Gasteiger partial charge in [0.1, 0.15) is 5.69 Å². The minimum atomic E-state index is -2.41. The zero-order chi connectivity index (χ0) is 18.1. The molecule has 0 atom stereocenters. The van der Waals surface area contributed by atoms with E-state index in [4.69, 9.17) is 5.10 Å². The van der Waals surface area contributed by atoms with E-state index in [1.54, 1.807) is 18.3 Å². The highest BCUT2D eigenvalue weighted by Crippen LogP contribution is 2.24. The fraction of sp³-hybridized carbons (Fsp3) is 0.300. The first-order valence-electron chi connectivity index (χ1n) is 8.68. The van der Waals surface area contributed by atoms with E-state index in [0.717, 1.165) is 54.4 Å². The van der Waals surface area contributed by atoms with Crippen LogP contribution in [0.2, 0.25) is 0 Å². The van der Waals surface area contributed by atoms with E-state index in [0.29, 0.717) is 0 Å². The lowest BCUT2D eigenvalue weighted by atomic mass is 10.1. The second-order valence-electron chi connectivity index (χ2n) is 6.67. The molecule has 1 aliphatic rings. The molecule has 2 aromatic heterocycles. The van der Waals surface area contributed by atoms with Crippen LogP contribution in [0.25, 0.3) is 11.4 Å². The number of hydrogen-bond donors (Lipinski definition) is 0. The molecular formula is C20H20F2N4. The molecule has 0 spiro atoms. The zero-order valence-corrected chi connectivity index (χ0v) is 14.6. The van der Waals surface area contributed by atoms with Gasteiger partial charge in [0.25, 0.3) is 6.43 Å². The lowest BCUT2D eigenvalue weighted by molar-refractivity contribution is 0.151. The highest BCUT2D eigenvalue weighted by Gasteiger charge is 2.20. The molecule has 0 saturated heterocycles. The van der Waals surface area contributed by atoms with Crippen molar-refractivity contribution in [3.8, 4) is 11.4 Å². The predicted octanol–water partition coefficient (Wildman–Crippen LogP) is 4.21. The van der Waals surface area contributed by atoms with Gasteiger partial charge >= 0.3 is 0 Å². The summed E-state index contributed by atoms with van der Waals surface area (Å²) in [6.07, 6.45) is -0.627. The van der Waals surface area contributed by atoms with E-state index in [9.17, 15) is 8.78 Å². The van der Waals surface area contributed by atoms with Crippen LogP contribution in [0.3, 0.4) is 0 Å². The molecule has 6 heteroatoms. The largest absolute Gasteiger partial charge is 0.291 e. The molecule has 4 nitrogen and oxygen atoms in total. The number of benzene rings is 1. The van der Waals surface area contributed by atoms with Crippen LogP contribution < -0.4 is 0 Å². The van der Waals surface area contributed by atoms with Crippen LogP contribution in [-0.4, -0.2) is 26.2 Å². The maximum absolute atomic E-state index is 12.7. The number of fused-ring (bicyclic) bond motifs is 1. The molecule has 0 bridgehead atoms. The zero-order valence-electron chi connectivity index (χ0n) is 14.6. The van der Waals surface area contributed by atoms with Crippen molar-refractivity contribution >= 4 is 0 Å². The van der Waals surface area contributed by atoms with Crippen molar-refractivity contribution in [1.29, 1.82) is 0 Å². The fourth-order valence-electron chi connectivity index (χ4n) is 3.35. The van der Waals surface area contributed by atoms with Crippen molar-refractivity contribution in [2.45, 2.75) is 33.0 Å². The number of aromatic nitrogens is 3. The second kappa shape index (κ2) is 6.96. The number of halogens is 2. The minimum absolute atomic E-state index is 0.0702. The molecule has 1 aromatic carbocycles. The van der Waals surface area contributed by atoms with E-state index >= 15 is 0 Å². The quantitative estimate of drug-likeness (QED) is 0.704. The van der Waals surface area contributed by atoms with Gasteiger partial charge in [0.05, 0.1) is 17.9 Å². The van der Waals surface area contributed by atoms with Crippen LogP contribution in [-0.2, 0) is 19.6 Å². The Kier molecular flexibility index (Phi) is 4.51. The topological polar surface area (TPSA) is 34.0 Å². The Morgan fingerprint density at radius 2 is 1.92 bits per heavy atom. The molecule has 0 N–H and O–H groups in total. The van der Waals surface area contributed by atoms with Crippen molar-refractivity contribution in [2.75, 3.05) is 6.54 Å². The number of hydrogen-bond acceptors (Lipinski definition) is 3. The van der Waals surface area contributed by atoms with Crippen molar-refractivity contribution in [3.05, 3.63) is 71.0 Å². The van der Waals surface area contributed by atoms with Gasteiger partial charge in [0, 0.05) is 31.4 Å². The van der Waals surface area contributed by atoms with Crippen molar-refractivity contribution < 1.29 is 8.78 Å². The normalized spacial score (nSPS) is 14.6. The number of aryl methyl sites for hydroxylation is 1. The van der Waals surface area contributed by atoms with Crippen LogP contribution in [0.5, 0.6) is 0 Å². The molecule has 26 heavy (non-hydrogen) atoms. The fourth-order valence-corrected chi connectivity index (χ4v) is 3.35. The highest BCUT2D eigenvalue weighted by molar-refractivity contribution is 5.58. The Labute approximate surface area is 151 Å². The van der Waals surface area contributed by atoms with Crippen LogP contribution in [0.1, 0.15) is 28.8 Å². The Morgan fingerprint density at radius 3 is 2.65 bits per heavy atom. The average Bonchev–Trinajstić information content (AvgIpc) is 3.05. The summed E-state index contributed by atoms with van der Waals surface area (Å²) in [5.74, 6) is 0. The van der Waals surface area contributed by atoms with Gasteiger partial charge in [-0.1, -0.05) is 30.3 Å². The number of pyridine rings is 1. The van der Waals surface area contributed by atoms with Gasteiger partial charge in [-0.2, -0.15) is 5.10 Å². The summed E-state index contributed by atoms with van der Waals surface area (Å²) >= 11 is 0. The first-order chi connectivity index (χ1) is 12.6. The molecule has 0 unspecified atom stereocenters. The Hall–Kier alpha value is -2.60. The monoisotopic (exact) mass is 354 g/mol. The average molecular weight is 354 g/mol. The van der Waals surface area contributed by atoms with Crippen molar-refractivity contribution in [3.63, 3.8) is 0 Å².